The molecule has 1 atom stereocenters. The first kappa shape index (κ1) is 24.8. The highest BCUT2D eigenvalue weighted by Crippen LogP contribution is 2.20. The van der Waals surface area contributed by atoms with E-state index in [-0.39, 0.29) is 17.9 Å². The number of hydrogen-bond acceptors (Lipinski definition) is 3. The van der Waals surface area contributed by atoms with E-state index in [9.17, 15) is 9.59 Å². The summed E-state index contributed by atoms with van der Waals surface area (Å²) in [4.78, 5) is 27.9. The van der Waals surface area contributed by atoms with Gasteiger partial charge in [-0.3, -0.25) is 9.59 Å². The minimum atomic E-state index is -0.506. The molecule has 2 amide bonds. The molecule has 0 saturated heterocycles. The first-order valence-electron chi connectivity index (χ1n) is 11.4. The van der Waals surface area contributed by atoms with E-state index in [4.69, 9.17) is 0 Å². The number of thioether (sulfide) groups is 1. The van der Waals surface area contributed by atoms with Crippen molar-refractivity contribution in [2.75, 3.05) is 5.75 Å². The lowest BCUT2D eigenvalue weighted by atomic mass is 9.95. The average Bonchev–Trinajstić information content (AvgIpc) is 2.80. The summed E-state index contributed by atoms with van der Waals surface area (Å²) in [5.74, 6) is 1.08. The molecular formula is C26H33BrN2O2S. The van der Waals surface area contributed by atoms with Crippen LogP contribution in [0.25, 0.3) is 0 Å². The topological polar surface area (TPSA) is 49.4 Å². The van der Waals surface area contributed by atoms with Crippen LogP contribution in [0.5, 0.6) is 0 Å². The third-order valence-electron chi connectivity index (χ3n) is 6.00. The Balaban J connectivity index is 1.64. The van der Waals surface area contributed by atoms with Crippen molar-refractivity contribution in [3.8, 4) is 0 Å². The number of nitrogens with one attached hydrogen (secondary N) is 1. The Bertz CT molecular complexity index is 880. The van der Waals surface area contributed by atoms with Crippen molar-refractivity contribution in [2.45, 2.75) is 70.3 Å². The van der Waals surface area contributed by atoms with Crippen molar-refractivity contribution < 1.29 is 9.59 Å². The number of carbonyl (C=O) groups excluding carboxylic acids is 2. The summed E-state index contributed by atoms with van der Waals surface area (Å²) in [6.07, 6.45) is 5.64. The van der Waals surface area contributed by atoms with E-state index in [0.29, 0.717) is 12.3 Å². The van der Waals surface area contributed by atoms with Crippen LogP contribution in [0.2, 0.25) is 0 Å². The van der Waals surface area contributed by atoms with Gasteiger partial charge in [-0.25, -0.2) is 0 Å². The van der Waals surface area contributed by atoms with Crippen LogP contribution in [0.4, 0.5) is 0 Å². The lowest BCUT2D eigenvalue weighted by molar-refractivity contribution is -0.139. The molecule has 32 heavy (non-hydrogen) atoms. The molecule has 0 unspecified atom stereocenters. The Hall–Kier alpha value is -1.79. The first-order valence-corrected chi connectivity index (χ1v) is 13.3. The number of aryl methyl sites for hydroxylation is 1. The first-order chi connectivity index (χ1) is 15.4. The number of nitrogens with zero attached hydrogens (tertiary/aromatic N) is 1. The maximum absolute atomic E-state index is 13.2. The fraction of sp³-hybridized carbons (Fsp3) is 0.462. The van der Waals surface area contributed by atoms with E-state index in [1.807, 2.05) is 31.2 Å². The molecule has 2 aromatic rings. The minimum absolute atomic E-state index is 0.00340. The minimum Gasteiger partial charge on any atom is -0.352 e. The van der Waals surface area contributed by atoms with Gasteiger partial charge in [0.1, 0.15) is 6.04 Å². The monoisotopic (exact) mass is 516 g/mol. The van der Waals surface area contributed by atoms with Gasteiger partial charge in [-0.05, 0) is 49.9 Å². The predicted molar refractivity (Wildman–Crippen MR) is 137 cm³/mol. The molecule has 3 rings (SSSR count). The van der Waals surface area contributed by atoms with E-state index >= 15 is 0 Å². The molecule has 1 N–H and O–H groups in total. The van der Waals surface area contributed by atoms with Crippen molar-refractivity contribution in [1.29, 1.82) is 0 Å². The summed E-state index contributed by atoms with van der Waals surface area (Å²) in [5.41, 5.74) is 3.45. The van der Waals surface area contributed by atoms with Crippen LogP contribution in [0.1, 0.15) is 55.7 Å². The maximum Gasteiger partial charge on any atom is 0.242 e. The Morgan fingerprint density at radius 2 is 1.66 bits per heavy atom. The fourth-order valence-corrected chi connectivity index (χ4v) is 5.10. The number of halogens is 1. The summed E-state index contributed by atoms with van der Waals surface area (Å²) in [6.45, 7) is 4.34. The number of hydrogen-bond donors (Lipinski definition) is 1. The highest BCUT2D eigenvalue weighted by molar-refractivity contribution is 9.10. The van der Waals surface area contributed by atoms with Gasteiger partial charge in [0.2, 0.25) is 11.8 Å². The molecule has 0 spiro atoms. The number of carbonyl (C=O) groups is 2. The molecule has 0 radical (unpaired) electrons. The van der Waals surface area contributed by atoms with Gasteiger partial charge in [-0.2, -0.15) is 0 Å². The molecule has 6 heteroatoms. The van der Waals surface area contributed by atoms with Crippen molar-refractivity contribution in [2.24, 2.45) is 0 Å². The normalized spacial score (nSPS) is 15.2. The molecule has 2 aromatic carbocycles. The van der Waals surface area contributed by atoms with Crippen LogP contribution in [0.3, 0.4) is 0 Å². The van der Waals surface area contributed by atoms with E-state index < -0.39 is 6.04 Å². The van der Waals surface area contributed by atoms with E-state index in [2.05, 4.69) is 52.4 Å². The summed E-state index contributed by atoms with van der Waals surface area (Å²) in [7, 11) is 0. The molecule has 0 aromatic heterocycles. The smallest absolute Gasteiger partial charge is 0.242 e. The summed E-state index contributed by atoms with van der Waals surface area (Å²) in [6, 6.07) is 16.1. The number of rotatable bonds is 9. The molecule has 1 aliphatic rings. The second-order valence-electron chi connectivity index (χ2n) is 8.65. The van der Waals surface area contributed by atoms with Crippen LogP contribution in [0.15, 0.2) is 53.0 Å². The molecule has 4 nitrogen and oxygen atoms in total. The molecule has 0 heterocycles. The van der Waals surface area contributed by atoms with Crippen LogP contribution < -0.4 is 5.32 Å². The molecule has 172 valence electrons. The lowest BCUT2D eigenvalue weighted by Gasteiger charge is -2.31. The molecule has 1 fully saturated rings. The quantitative estimate of drug-likeness (QED) is 0.454. The van der Waals surface area contributed by atoms with E-state index in [1.165, 1.54) is 17.5 Å². The van der Waals surface area contributed by atoms with Gasteiger partial charge in [0.05, 0.1) is 5.75 Å². The van der Waals surface area contributed by atoms with E-state index in [0.717, 1.165) is 41.5 Å². The second-order valence-corrected chi connectivity index (χ2v) is 10.5. The van der Waals surface area contributed by atoms with Gasteiger partial charge < -0.3 is 10.2 Å². The van der Waals surface area contributed by atoms with Gasteiger partial charge in [-0.15, -0.1) is 11.8 Å². The summed E-state index contributed by atoms with van der Waals surface area (Å²) < 4.78 is 0.996. The van der Waals surface area contributed by atoms with Crippen molar-refractivity contribution in [3.05, 3.63) is 69.7 Å². The molecular weight excluding hydrogens is 484 g/mol. The summed E-state index contributed by atoms with van der Waals surface area (Å²) in [5, 5.41) is 3.19. The van der Waals surface area contributed by atoms with Crippen molar-refractivity contribution in [1.82, 2.24) is 10.2 Å². The zero-order chi connectivity index (χ0) is 22.9. The third-order valence-corrected chi connectivity index (χ3v) is 7.52. The van der Waals surface area contributed by atoms with Crippen LogP contribution >= 0.6 is 27.7 Å². The van der Waals surface area contributed by atoms with Crippen LogP contribution in [0, 0.1) is 6.92 Å². The SMILES string of the molecule is Cc1ccc(CSCC(=O)N(Cc2ccc(Br)cc2)[C@H](C)C(=O)NC2CCCCC2)cc1. The van der Waals surface area contributed by atoms with Gasteiger partial charge in [0, 0.05) is 22.8 Å². The average molecular weight is 518 g/mol. The van der Waals surface area contributed by atoms with Gasteiger partial charge in [0.25, 0.3) is 0 Å². The Labute approximate surface area is 204 Å². The Kier molecular flexibility index (Phi) is 9.67. The van der Waals surface area contributed by atoms with E-state index in [1.54, 1.807) is 16.7 Å². The van der Waals surface area contributed by atoms with Gasteiger partial charge in [-0.1, -0.05) is 77.2 Å². The standard InChI is InChI=1S/C26H33BrN2O2S/c1-19-8-10-22(11-9-19)17-32-18-25(30)29(16-21-12-14-23(27)15-13-21)20(2)26(31)28-24-6-4-3-5-7-24/h8-15,20,24H,3-7,16-18H2,1-2H3,(H,28,31)/t20-/m1/s1. The zero-order valence-electron chi connectivity index (χ0n) is 19.0. The number of amides is 2. The maximum atomic E-state index is 13.2. The summed E-state index contributed by atoms with van der Waals surface area (Å²) >= 11 is 5.06. The van der Waals surface area contributed by atoms with Crippen molar-refractivity contribution >= 4 is 39.5 Å². The Morgan fingerprint density at radius 1 is 1.03 bits per heavy atom. The lowest BCUT2D eigenvalue weighted by Crippen LogP contribution is -2.50. The highest BCUT2D eigenvalue weighted by atomic mass is 79.9. The highest BCUT2D eigenvalue weighted by Gasteiger charge is 2.28. The molecule has 1 aliphatic carbocycles. The van der Waals surface area contributed by atoms with Crippen LogP contribution in [-0.4, -0.2) is 34.6 Å². The third kappa shape index (κ3) is 7.66. The zero-order valence-corrected chi connectivity index (χ0v) is 21.4. The number of benzene rings is 2. The van der Waals surface area contributed by atoms with Gasteiger partial charge >= 0.3 is 0 Å². The van der Waals surface area contributed by atoms with Crippen molar-refractivity contribution in [3.63, 3.8) is 0 Å². The molecule has 0 bridgehead atoms. The second kappa shape index (κ2) is 12.4. The van der Waals surface area contributed by atoms with Crippen LogP contribution in [-0.2, 0) is 21.9 Å². The molecule has 0 aliphatic heterocycles. The predicted octanol–water partition coefficient (Wildman–Crippen LogP) is 5.86. The molecule has 1 saturated carbocycles. The van der Waals surface area contributed by atoms with Gasteiger partial charge in [0.15, 0.2) is 0 Å². The largest absolute Gasteiger partial charge is 0.352 e. The fourth-order valence-electron chi connectivity index (χ4n) is 3.96. The Morgan fingerprint density at radius 3 is 2.31 bits per heavy atom.